The third-order valence-corrected chi connectivity index (χ3v) is 7.54. The van der Waals surface area contributed by atoms with Crippen molar-refractivity contribution in [3.8, 4) is 11.5 Å². The zero-order valence-corrected chi connectivity index (χ0v) is 21.9. The van der Waals surface area contributed by atoms with Crippen LogP contribution >= 0.6 is 11.3 Å². The van der Waals surface area contributed by atoms with Crippen molar-refractivity contribution in [2.24, 2.45) is 0 Å². The fraction of sp³-hybridized carbons (Fsp3) is 0.167. The lowest BCUT2D eigenvalue weighted by atomic mass is 9.98. The van der Waals surface area contributed by atoms with Gasteiger partial charge in [-0.25, -0.2) is 4.98 Å². The van der Waals surface area contributed by atoms with Crippen molar-refractivity contribution in [2.75, 3.05) is 12.0 Å². The average Bonchev–Trinajstić information content (AvgIpc) is 3.49. The van der Waals surface area contributed by atoms with Gasteiger partial charge in [0.15, 0.2) is 22.1 Å². The minimum atomic E-state index is -0.735. The molecule has 190 valence electrons. The van der Waals surface area contributed by atoms with Crippen LogP contribution in [0.3, 0.4) is 0 Å². The molecule has 6 rings (SSSR count). The summed E-state index contributed by atoms with van der Waals surface area (Å²) in [6, 6.07) is 19.9. The number of methoxy groups -OCH3 is 1. The Morgan fingerprint density at radius 2 is 1.82 bits per heavy atom. The number of hydrogen-bond donors (Lipinski definition) is 0. The number of nitrogens with zero attached hydrogens (tertiary/aromatic N) is 2. The molecular weight excluding hydrogens is 500 g/mol. The summed E-state index contributed by atoms with van der Waals surface area (Å²) in [5.41, 5.74) is 3.87. The molecule has 38 heavy (non-hydrogen) atoms. The summed E-state index contributed by atoms with van der Waals surface area (Å²) in [4.78, 5) is 33.7. The SMILES string of the molecule is COc1cc(C2c3c(oc4ccc(C)cc4c3=O)C(=O)N2c2nc(C)cs2)ccc1OCc1ccccc1. The lowest BCUT2D eigenvalue weighted by molar-refractivity contribution is 0.0971. The molecule has 0 bridgehead atoms. The van der Waals surface area contributed by atoms with Gasteiger partial charge in [-0.2, -0.15) is 0 Å². The number of carbonyl (C=O) groups is 1. The maximum Gasteiger partial charge on any atom is 0.297 e. The predicted octanol–water partition coefficient (Wildman–Crippen LogP) is 6.20. The number of aryl methyl sites for hydroxylation is 2. The molecule has 1 atom stereocenters. The van der Waals surface area contributed by atoms with Crippen LogP contribution in [0, 0.1) is 13.8 Å². The third kappa shape index (κ3) is 4.03. The standard InChI is InChI=1S/C30H24N2O5S/c1-17-9-11-22-21(13-17)27(33)25-26(32(29(34)28(25)37-22)30-31-18(2)16-38-30)20-10-12-23(24(14-20)35-3)36-15-19-7-5-4-6-8-19/h4-14,16,26H,15H2,1-3H3. The Hall–Kier alpha value is -4.43. The molecule has 0 N–H and O–H groups in total. The number of anilines is 1. The highest BCUT2D eigenvalue weighted by atomic mass is 32.1. The summed E-state index contributed by atoms with van der Waals surface area (Å²) in [5.74, 6) is 0.688. The molecule has 5 aromatic rings. The van der Waals surface area contributed by atoms with Gasteiger partial charge in [0.2, 0.25) is 5.76 Å². The Labute approximate surface area is 222 Å². The van der Waals surface area contributed by atoms with Crippen LogP contribution in [0.15, 0.2) is 81.3 Å². The Balaban J connectivity index is 1.49. The van der Waals surface area contributed by atoms with Crippen molar-refractivity contribution in [1.29, 1.82) is 0 Å². The summed E-state index contributed by atoms with van der Waals surface area (Å²) < 4.78 is 17.8. The van der Waals surface area contributed by atoms with E-state index in [0.717, 1.165) is 16.8 Å². The van der Waals surface area contributed by atoms with Crippen molar-refractivity contribution in [3.05, 3.63) is 116 Å². The Morgan fingerprint density at radius 1 is 1.00 bits per heavy atom. The van der Waals surface area contributed by atoms with Crippen LogP contribution < -0.4 is 19.8 Å². The highest BCUT2D eigenvalue weighted by molar-refractivity contribution is 7.14. The molecule has 0 aliphatic carbocycles. The highest BCUT2D eigenvalue weighted by Gasteiger charge is 2.45. The van der Waals surface area contributed by atoms with E-state index < -0.39 is 11.9 Å². The first-order chi connectivity index (χ1) is 18.4. The molecule has 0 spiro atoms. The number of amides is 1. The molecule has 2 aromatic heterocycles. The molecule has 0 radical (unpaired) electrons. The summed E-state index contributed by atoms with van der Waals surface area (Å²) in [6.07, 6.45) is 0. The summed E-state index contributed by atoms with van der Waals surface area (Å²) in [6.45, 7) is 4.16. The van der Waals surface area contributed by atoms with Crippen LogP contribution in [-0.2, 0) is 6.61 Å². The zero-order valence-electron chi connectivity index (χ0n) is 21.1. The smallest absolute Gasteiger partial charge is 0.297 e. The van der Waals surface area contributed by atoms with E-state index >= 15 is 0 Å². The van der Waals surface area contributed by atoms with E-state index in [4.69, 9.17) is 13.9 Å². The van der Waals surface area contributed by atoms with Crippen LogP contribution in [0.1, 0.15) is 44.5 Å². The van der Waals surface area contributed by atoms with E-state index in [1.54, 1.807) is 31.4 Å². The number of rotatable bonds is 6. The fourth-order valence-corrected chi connectivity index (χ4v) is 5.59. The second-order valence-corrected chi connectivity index (χ2v) is 10.0. The van der Waals surface area contributed by atoms with Gasteiger partial charge in [-0.05, 0) is 49.2 Å². The van der Waals surface area contributed by atoms with Gasteiger partial charge in [-0.15, -0.1) is 11.3 Å². The van der Waals surface area contributed by atoms with Crippen molar-refractivity contribution in [3.63, 3.8) is 0 Å². The number of thiazole rings is 1. The van der Waals surface area contributed by atoms with E-state index in [9.17, 15) is 9.59 Å². The van der Waals surface area contributed by atoms with Gasteiger partial charge in [-0.3, -0.25) is 14.5 Å². The van der Waals surface area contributed by atoms with Crippen molar-refractivity contribution >= 4 is 33.3 Å². The molecule has 0 saturated carbocycles. The maximum atomic E-state index is 13.9. The zero-order chi connectivity index (χ0) is 26.4. The van der Waals surface area contributed by atoms with Gasteiger partial charge in [0.05, 0.1) is 29.8 Å². The minimum absolute atomic E-state index is 0.0348. The monoisotopic (exact) mass is 524 g/mol. The van der Waals surface area contributed by atoms with Gasteiger partial charge in [0, 0.05) is 5.38 Å². The van der Waals surface area contributed by atoms with Crippen molar-refractivity contribution in [2.45, 2.75) is 26.5 Å². The maximum absolute atomic E-state index is 13.9. The molecule has 8 heteroatoms. The van der Waals surface area contributed by atoms with Gasteiger partial charge in [0.1, 0.15) is 12.2 Å². The van der Waals surface area contributed by atoms with Crippen LogP contribution in [0.4, 0.5) is 5.13 Å². The molecule has 7 nitrogen and oxygen atoms in total. The van der Waals surface area contributed by atoms with Gasteiger partial charge >= 0.3 is 0 Å². The number of hydrogen-bond acceptors (Lipinski definition) is 7. The number of benzene rings is 3. The molecule has 3 aromatic carbocycles. The molecule has 0 saturated heterocycles. The fourth-order valence-electron chi connectivity index (χ4n) is 4.76. The quantitative estimate of drug-likeness (QED) is 0.263. The first-order valence-corrected chi connectivity index (χ1v) is 13.0. The normalized spacial score (nSPS) is 14.7. The number of fused-ring (bicyclic) bond motifs is 2. The Morgan fingerprint density at radius 3 is 2.55 bits per heavy atom. The van der Waals surface area contributed by atoms with E-state index in [0.29, 0.717) is 45.3 Å². The van der Waals surface area contributed by atoms with E-state index in [1.807, 2.05) is 61.7 Å². The molecule has 0 fully saturated rings. The van der Waals surface area contributed by atoms with Crippen LogP contribution in [-0.4, -0.2) is 18.0 Å². The number of aromatic nitrogens is 1. The predicted molar refractivity (Wildman–Crippen MR) is 146 cm³/mol. The number of ether oxygens (including phenoxy) is 2. The summed E-state index contributed by atoms with van der Waals surface area (Å²) in [7, 11) is 1.56. The first-order valence-electron chi connectivity index (χ1n) is 12.1. The summed E-state index contributed by atoms with van der Waals surface area (Å²) >= 11 is 1.35. The lowest BCUT2D eigenvalue weighted by Crippen LogP contribution is -2.29. The van der Waals surface area contributed by atoms with Crippen molar-refractivity contribution in [1.82, 2.24) is 4.98 Å². The highest BCUT2D eigenvalue weighted by Crippen LogP contribution is 2.44. The van der Waals surface area contributed by atoms with E-state index in [-0.39, 0.29) is 11.2 Å². The summed E-state index contributed by atoms with van der Waals surface area (Å²) in [5, 5.41) is 2.80. The average molecular weight is 525 g/mol. The molecular formula is C30H24N2O5S. The van der Waals surface area contributed by atoms with Gasteiger partial charge in [-0.1, -0.05) is 48.0 Å². The van der Waals surface area contributed by atoms with Crippen LogP contribution in [0.5, 0.6) is 11.5 Å². The largest absolute Gasteiger partial charge is 0.493 e. The minimum Gasteiger partial charge on any atom is -0.493 e. The topological polar surface area (TPSA) is 81.9 Å². The molecule has 1 aliphatic rings. The first kappa shape index (κ1) is 23.9. The van der Waals surface area contributed by atoms with Crippen molar-refractivity contribution < 1.29 is 18.7 Å². The van der Waals surface area contributed by atoms with Gasteiger partial charge in [0.25, 0.3) is 5.91 Å². The molecule has 1 amide bonds. The molecule has 1 aliphatic heterocycles. The third-order valence-electron chi connectivity index (χ3n) is 6.58. The second kappa shape index (κ2) is 9.46. The van der Waals surface area contributed by atoms with Crippen LogP contribution in [0.25, 0.3) is 11.0 Å². The van der Waals surface area contributed by atoms with E-state index in [1.165, 1.54) is 16.2 Å². The lowest BCUT2D eigenvalue weighted by Gasteiger charge is -2.23. The molecule has 1 unspecified atom stereocenters. The van der Waals surface area contributed by atoms with Crippen LogP contribution in [0.2, 0.25) is 0 Å². The van der Waals surface area contributed by atoms with E-state index in [2.05, 4.69) is 4.98 Å². The Kier molecular flexibility index (Phi) is 5.96. The second-order valence-electron chi connectivity index (χ2n) is 9.21. The number of carbonyl (C=O) groups excluding carboxylic acids is 1. The Bertz CT molecular complexity index is 1740. The van der Waals surface area contributed by atoms with Gasteiger partial charge < -0.3 is 13.9 Å². The molecule has 3 heterocycles.